The summed E-state index contributed by atoms with van der Waals surface area (Å²) >= 11 is 0. The number of nitrogens with two attached hydrogens (primary N) is 1. The second kappa shape index (κ2) is 8.89. The Morgan fingerprint density at radius 3 is 2.30 bits per heavy atom. The zero-order valence-corrected chi connectivity index (χ0v) is 13.3. The number of halogens is 1. The molecule has 0 aliphatic carbocycles. The van der Waals surface area contributed by atoms with Gasteiger partial charge in [0.15, 0.2) is 17.7 Å². The summed E-state index contributed by atoms with van der Waals surface area (Å²) in [7, 11) is 1.57. The summed E-state index contributed by atoms with van der Waals surface area (Å²) in [6.45, 7) is 7.37. The van der Waals surface area contributed by atoms with E-state index >= 15 is 0 Å². The van der Waals surface area contributed by atoms with Crippen LogP contribution in [0.1, 0.15) is 20.8 Å². The fraction of sp³-hybridized carbons (Fsp3) is 0.571. The van der Waals surface area contributed by atoms with Crippen molar-refractivity contribution in [3.63, 3.8) is 0 Å². The molecule has 0 aliphatic heterocycles. The van der Waals surface area contributed by atoms with Gasteiger partial charge in [0.25, 0.3) is 0 Å². The average Bonchev–Trinajstić information content (AvgIpc) is 2.40. The van der Waals surface area contributed by atoms with Crippen molar-refractivity contribution in [3.8, 4) is 11.5 Å². The van der Waals surface area contributed by atoms with Gasteiger partial charge in [0.2, 0.25) is 0 Å². The van der Waals surface area contributed by atoms with Crippen molar-refractivity contribution in [2.24, 2.45) is 0 Å². The number of rotatable bonds is 7. The standard InChI is InChI=1S/C14H24N2O3.ClH/c1-5-16(6-2)14(10(3)17)19-12-8-7-11(15)9-13(12)18-4;/h7-10,14,17H,5-6,15H2,1-4H3;1H. The fourth-order valence-electron chi connectivity index (χ4n) is 1.97. The molecule has 0 aliphatic rings. The lowest BCUT2D eigenvalue weighted by Gasteiger charge is -2.32. The minimum absolute atomic E-state index is 0. The van der Waals surface area contributed by atoms with E-state index < -0.39 is 12.3 Å². The molecule has 116 valence electrons. The molecule has 0 heterocycles. The van der Waals surface area contributed by atoms with E-state index in [1.165, 1.54) is 0 Å². The van der Waals surface area contributed by atoms with Crippen LogP contribution in [0.3, 0.4) is 0 Å². The minimum atomic E-state index is -0.609. The highest BCUT2D eigenvalue weighted by atomic mass is 35.5. The van der Waals surface area contributed by atoms with Crippen LogP contribution in [-0.4, -0.2) is 42.5 Å². The molecular weight excluding hydrogens is 280 g/mol. The van der Waals surface area contributed by atoms with Gasteiger partial charge < -0.3 is 20.3 Å². The summed E-state index contributed by atoms with van der Waals surface area (Å²) in [6, 6.07) is 5.21. The molecule has 2 atom stereocenters. The number of methoxy groups -OCH3 is 1. The topological polar surface area (TPSA) is 68.0 Å². The first-order valence-corrected chi connectivity index (χ1v) is 6.55. The van der Waals surface area contributed by atoms with Gasteiger partial charge >= 0.3 is 0 Å². The Hall–Kier alpha value is -1.17. The lowest BCUT2D eigenvalue weighted by molar-refractivity contribution is -0.0548. The highest BCUT2D eigenvalue weighted by Crippen LogP contribution is 2.30. The molecule has 0 radical (unpaired) electrons. The van der Waals surface area contributed by atoms with Crippen molar-refractivity contribution in [1.82, 2.24) is 4.90 Å². The summed E-state index contributed by atoms with van der Waals surface area (Å²) in [5.74, 6) is 1.15. The number of likely N-dealkylation sites (N-methyl/N-ethyl adjacent to an activating group) is 1. The number of hydrogen-bond acceptors (Lipinski definition) is 5. The van der Waals surface area contributed by atoms with E-state index in [1.54, 1.807) is 32.2 Å². The van der Waals surface area contributed by atoms with Gasteiger partial charge in [-0.2, -0.15) is 0 Å². The van der Waals surface area contributed by atoms with E-state index in [9.17, 15) is 5.11 Å². The molecule has 2 unspecified atom stereocenters. The Balaban J connectivity index is 0.00000361. The normalized spacial score (nSPS) is 13.5. The first-order chi connectivity index (χ1) is 9.03. The maximum Gasteiger partial charge on any atom is 0.178 e. The van der Waals surface area contributed by atoms with Crippen LogP contribution in [-0.2, 0) is 0 Å². The first kappa shape index (κ1) is 18.8. The second-order valence-electron chi connectivity index (χ2n) is 4.38. The molecule has 5 nitrogen and oxygen atoms in total. The molecule has 0 amide bonds. The number of benzene rings is 1. The summed E-state index contributed by atoms with van der Waals surface area (Å²) in [4.78, 5) is 2.04. The fourth-order valence-corrected chi connectivity index (χ4v) is 1.97. The predicted octanol–water partition coefficient (Wildman–Crippen LogP) is 2.13. The maximum absolute atomic E-state index is 9.89. The lowest BCUT2D eigenvalue weighted by atomic mass is 10.2. The van der Waals surface area contributed by atoms with E-state index in [2.05, 4.69) is 0 Å². The first-order valence-electron chi connectivity index (χ1n) is 6.55. The highest BCUT2D eigenvalue weighted by Gasteiger charge is 2.24. The number of aliphatic hydroxyl groups is 1. The Kier molecular flexibility index (Phi) is 8.37. The largest absolute Gasteiger partial charge is 0.493 e. The highest BCUT2D eigenvalue weighted by molar-refractivity contribution is 5.85. The Morgan fingerprint density at radius 1 is 1.25 bits per heavy atom. The van der Waals surface area contributed by atoms with E-state index in [0.29, 0.717) is 17.2 Å². The van der Waals surface area contributed by atoms with Crippen LogP contribution in [0, 0.1) is 0 Å². The van der Waals surface area contributed by atoms with Crippen LogP contribution >= 0.6 is 12.4 Å². The van der Waals surface area contributed by atoms with E-state index in [4.69, 9.17) is 15.2 Å². The Morgan fingerprint density at radius 2 is 1.85 bits per heavy atom. The quantitative estimate of drug-likeness (QED) is 0.596. The number of nitrogen functional groups attached to an aromatic ring is 1. The zero-order valence-electron chi connectivity index (χ0n) is 12.5. The molecule has 20 heavy (non-hydrogen) atoms. The van der Waals surface area contributed by atoms with Gasteiger partial charge in [0.05, 0.1) is 7.11 Å². The molecule has 1 aromatic rings. The monoisotopic (exact) mass is 304 g/mol. The van der Waals surface area contributed by atoms with Crippen molar-refractivity contribution in [2.45, 2.75) is 33.1 Å². The number of aliphatic hydroxyl groups excluding tert-OH is 1. The van der Waals surface area contributed by atoms with Crippen LogP contribution in [0.2, 0.25) is 0 Å². The predicted molar refractivity (Wildman–Crippen MR) is 83.7 cm³/mol. The molecule has 1 rings (SSSR count). The lowest BCUT2D eigenvalue weighted by Crippen LogP contribution is -2.46. The average molecular weight is 305 g/mol. The second-order valence-corrected chi connectivity index (χ2v) is 4.38. The molecule has 0 aromatic heterocycles. The molecule has 0 spiro atoms. The third-order valence-electron chi connectivity index (χ3n) is 3.02. The Bertz CT molecular complexity index is 398. The van der Waals surface area contributed by atoms with Crippen molar-refractivity contribution in [2.75, 3.05) is 25.9 Å². The van der Waals surface area contributed by atoms with Crippen molar-refractivity contribution >= 4 is 18.1 Å². The van der Waals surface area contributed by atoms with Gasteiger partial charge in [-0.1, -0.05) is 13.8 Å². The molecular formula is C14H25ClN2O3. The molecule has 0 fully saturated rings. The molecule has 0 saturated heterocycles. The third-order valence-corrected chi connectivity index (χ3v) is 3.02. The number of hydrogen-bond donors (Lipinski definition) is 2. The summed E-state index contributed by atoms with van der Waals surface area (Å²) in [5, 5.41) is 9.89. The molecule has 6 heteroatoms. The summed E-state index contributed by atoms with van der Waals surface area (Å²) in [6.07, 6.45) is -1.02. The van der Waals surface area contributed by atoms with Gasteiger partial charge in [-0.25, -0.2) is 0 Å². The number of nitrogens with zero attached hydrogens (tertiary/aromatic N) is 1. The maximum atomic E-state index is 9.89. The zero-order chi connectivity index (χ0) is 14.4. The minimum Gasteiger partial charge on any atom is -0.493 e. The number of ether oxygens (including phenoxy) is 2. The third kappa shape index (κ3) is 4.74. The Labute approximate surface area is 127 Å². The smallest absolute Gasteiger partial charge is 0.178 e. The number of anilines is 1. The van der Waals surface area contributed by atoms with Crippen molar-refractivity contribution < 1.29 is 14.6 Å². The van der Waals surface area contributed by atoms with Crippen LogP contribution in [0.5, 0.6) is 11.5 Å². The van der Waals surface area contributed by atoms with Gasteiger partial charge in [-0.05, 0) is 32.1 Å². The van der Waals surface area contributed by atoms with Crippen LogP contribution < -0.4 is 15.2 Å². The van der Waals surface area contributed by atoms with Gasteiger partial charge in [-0.3, -0.25) is 4.90 Å². The van der Waals surface area contributed by atoms with Crippen LogP contribution in [0.25, 0.3) is 0 Å². The molecule has 0 bridgehead atoms. The van der Waals surface area contributed by atoms with Crippen molar-refractivity contribution in [1.29, 1.82) is 0 Å². The summed E-state index contributed by atoms with van der Waals surface area (Å²) < 4.78 is 11.1. The van der Waals surface area contributed by atoms with Gasteiger partial charge in [0, 0.05) is 11.8 Å². The summed E-state index contributed by atoms with van der Waals surface area (Å²) in [5.41, 5.74) is 6.32. The van der Waals surface area contributed by atoms with E-state index in [-0.39, 0.29) is 12.4 Å². The molecule has 3 N–H and O–H groups in total. The van der Waals surface area contributed by atoms with E-state index in [0.717, 1.165) is 13.1 Å². The molecule has 0 saturated carbocycles. The van der Waals surface area contributed by atoms with Gasteiger partial charge in [0.1, 0.15) is 6.10 Å². The molecule has 1 aromatic carbocycles. The van der Waals surface area contributed by atoms with E-state index in [1.807, 2.05) is 18.7 Å². The van der Waals surface area contributed by atoms with Crippen LogP contribution in [0.4, 0.5) is 5.69 Å². The van der Waals surface area contributed by atoms with Crippen molar-refractivity contribution in [3.05, 3.63) is 18.2 Å². The SMILES string of the molecule is CCN(CC)C(Oc1ccc(N)cc1OC)C(C)O.Cl. The van der Waals surface area contributed by atoms with Crippen LogP contribution in [0.15, 0.2) is 18.2 Å². The van der Waals surface area contributed by atoms with Gasteiger partial charge in [-0.15, -0.1) is 12.4 Å².